The van der Waals surface area contributed by atoms with E-state index in [2.05, 4.69) is 43.5 Å². The molecule has 2 unspecified atom stereocenters. The Hall–Kier alpha value is -1.39. The van der Waals surface area contributed by atoms with Crippen molar-refractivity contribution >= 4 is 5.91 Å². The third kappa shape index (κ3) is 39.6. The van der Waals surface area contributed by atoms with Crippen molar-refractivity contribution in [3.8, 4) is 0 Å². The summed E-state index contributed by atoms with van der Waals surface area (Å²) >= 11 is 0. The largest absolute Gasteiger partial charge is 0.394 e. The maximum absolute atomic E-state index is 12.4. The highest BCUT2D eigenvalue weighted by atomic mass is 16.3. The number of aliphatic hydroxyl groups excluding tert-OH is 2. The molecule has 4 nitrogen and oxygen atoms in total. The number of unbranched alkanes of at least 4 members (excludes halogenated alkanes) is 30. The van der Waals surface area contributed by atoms with Crippen molar-refractivity contribution in [1.29, 1.82) is 0 Å². The number of carbonyl (C=O) groups excluding carboxylic acids is 1. The van der Waals surface area contributed by atoms with Gasteiger partial charge in [-0.3, -0.25) is 4.79 Å². The van der Waals surface area contributed by atoms with E-state index in [1.165, 1.54) is 186 Å². The Labute approximate surface area is 319 Å². The van der Waals surface area contributed by atoms with Crippen molar-refractivity contribution in [2.45, 2.75) is 251 Å². The van der Waals surface area contributed by atoms with Crippen LogP contribution in [-0.4, -0.2) is 34.9 Å². The molecule has 0 spiro atoms. The molecule has 0 saturated carbocycles. The molecule has 300 valence electrons. The van der Waals surface area contributed by atoms with E-state index in [1.807, 2.05) is 6.08 Å². The SMILES string of the molecule is CCCCCCC/C=C/CC/C=C/C(O)C(CO)NC(=O)CCCCCCCCCCCCCC/C=C\CCCCCCCCCCCCCC. The number of rotatable bonds is 41. The summed E-state index contributed by atoms with van der Waals surface area (Å²) in [6.07, 6.45) is 57.0. The Morgan fingerprint density at radius 2 is 0.765 bits per heavy atom. The fourth-order valence-corrected chi connectivity index (χ4v) is 6.84. The fourth-order valence-electron chi connectivity index (χ4n) is 6.84. The topological polar surface area (TPSA) is 69.6 Å². The molecule has 0 fully saturated rings. The maximum Gasteiger partial charge on any atom is 0.220 e. The van der Waals surface area contributed by atoms with Crippen LogP contribution in [0.1, 0.15) is 239 Å². The molecule has 0 aliphatic heterocycles. The molecule has 0 aromatic rings. The number of amides is 1. The molecule has 0 aliphatic carbocycles. The molecular formula is C47H89NO3. The van der Waals surface area contributed by atoms with Gasteiger partial charge >= 0.3 is 0 Å². The van der Waals surface area contributed by atoms with Gasteiger partial charge in [0.15, 0.2) is 0 Å². The second-order valence-electron chi connectivity index (χ2n) is 15.5. The minimum atomic E-state index is -0.859. The van der Waals surface area contributed by atoms with Gasteiger partial charge in [-0.15, -0.1) is 0 Å². The van der Waals surface area contributed by atoms with Gasteiger partial charge in [0.2, 0.25) is 5.91 Å². The Balaban J connectivity index is 3.48. The van der Waals surface area contributed by atoms with Crippen molar-refractivity contribution in [3.63, 3.8) is 0 Å². The van der Waals surface area contributed by atoms with Gasteiger partial charge in [-0.25, -0.2) is 0 Å². The van der Waals surface area contributed by atoms with Crippen molar-refractivity contribution in [3.05, 3.63) is 36.5 Å². The summed E-state index contributed by atoms with van der Waals surface area (Å²) in [4.78, 5) is 12.4. The van der Waals surface area contributed by atoms with E-state index in [4.69, 9.17) is 0 Å². The lowest BCUT2D eigenvalue weighted by molar-refractivity contribution is -0.123. The van der Waals surface area contributed by atoms with Crippen LogP contribution in [0.15, 0.2) is 36.5 Å². The Bertz CT molecular complexity index is 775. The zero-order valence-electron chi connectivity index (χ0n) is 34.4. The number of allylic oxidation sites excluding steroid dienone is 5. The minimum absolute atomic E-state index is 0.0748. The summed E-state index contributed by atoms with van der Waals surface area (Å²) in [6, 6.07) is -0.636. The van der Waals surface area contributed by atoms with Gasteiger partial charge in [-0.2, -0.15) is 0 Å². The van der Waals surface area contributed by atoms with Gasteiger partial charge in [0.05, 0.1) is 18.8 Å². The molecule has 2 atom stereocenters. The van der Waals surface area contributed by atoms with Crippen LogP contribution in [0, 0.1) is 0 Å². The quantitative estimate of drug-likeness (QED) is 0.0436. The van der Waals surface area contributed by atoms with E-state index in [9.17, 15) is 15.0 Å². The highest BCUT2D eigenvalue weighted by Crippen LogP contribution is 2.15. The first-order chi connectivity index (χ1) is 25.2. The fraction of sp³-hybridized carbons (Fsp3) is 0.851. The predicted octanol–water partition coefficient (Wildman–Crippen LogP) is 14.2. The molecule has 0 aliphatic rings. The highest BCUT2D eigenvalue weighted by Gasteiger charge is 2.17. The van der Waals surface area contributed by atoms with E-state index >= 15 is 0 Å². The molecule has 1 amide bonds. The third-order valence-corrected chi connectivity index (χ3v) is 10.3. The predicted molar refractivity (Wildman–Crippen MR) is 225 cm³/mol. The van der Waals surface area contributed by atoms with E-state index in [0.29, 0.717) is 6.42 Å². The average Bonchev–Trinajstić information content (AvgIpc) is 3.13. The first-order valence-corrected chi connectivity index (χ1v) is 22.7. The summed E-state index contributed by atoms with van der Waals surface area (Å²) < 4.78 is 0. The first-order valence-electron chi connectivity index (χ1n) is 22.7. The van der Waals surface area contributed by atoms with Crippen LogP contribution >= 0.6 is 0 Å². The van der Waals surface area contributed by atoms with E-state index in [0.717, 1.165) is 32.1 Å². The Kier molecular flexibility index (Phi) is 41.8. The molecule has 0 radical (unpaired) electrons. The standard InChI is InChI=1S/C47H89NO3/c1-3-5-7-9-11-13-15-16-17-18-19-20-21-22-23-24-25-26-27-28-29-30-31-33-35-37-39-41-43-47(51)48-45(44-49)46(50)42-40-38-36-34-32-14-12-10-8-6-4-2/h22-23,32,34,40,42,45-46,49-50H,3-21,24-31,33,35-39,41,43-44H2,1-2H3,(H,48,51)/b23-22-,34-32+,42-40+. The molecule has 0 aromatic heterocycles. The molecule has 3 N–H and O–H groups in total. The lowest BCUT2D eigenvalue weighted by Gasteiger charge is -2.19. The maximum atomic E-state index is 12.4. The van der Waals surface area contributed by atoms with Crippen molar-refractivity contribution in [2.75, 3.05) is 6.61 Å². The van der Waals surface area contributed by atoms with Crippen LogP contribution in [0.3, 0.4) is 0 Å². The van der Waals surface area contributed by atoms with Crippen molar-refractivity contribution in [2.24, 2.45) is 0 Å². The van der Waals surface area contributed by atoms with Gasteiger partial charge in [0, 0.05) is 6.42 Å². The zero-order chi connectivity index (χ0) is 37.1. The smallest absolute Gasteiger partial charge is 0.220 e. The lowest BCUT2D eigenvalue weighted by Crippen LogP contribution is -2.45. The van der Waals surface area contributed by atoms with Crippen LogP contribution in [0.25, 0.3) is 0 Å². The Morgan fingerprint density at radius 1 is 0.451 bits per heavy atom. The summed E-state index contributed by atoms with van der Waals surface area (Å²) in [5.41, 5.74) is 0. The van der Waals surface area contributed by atoms with Crippen LogP contribution in [0.5, 0.6) is 0 Å². The minimum Gasteiger partial charge on any atom is -0.394 e. The summed E-state index contributed by atoms with van der Waals surface area (Å²) in [7, 11) is 0. The van der Waals surface area contributed by atoms with Gasteiger partial charge in [-0.05, 0) is 57.8 Å². The molecule has 0 saturated heterocycles. The average molecular weight is 716 g/mol. The van der Waals surface area contributed by atoms with Crippen LogP contribution in [0.4, 0.5) is 0 Å². The van der Waals surface area contributed by atoms with Crippen LogP contribution in [-0.2, 0) is 4.79 Å². The highest BCUT2D eigenvalue weighted by molar-refractivity contribution is 5.76. The first kappa shape index (κ1) is 49.6. The van der Waals surface area contributed by atoms with E-state index in [-0.39, 0.29) is 12.5 Å². The van der Waals surface area contributed by atoms with Crippen molar-refractivity contribution < 1.29 is 15.0 Å². The van der Waals surface area contributed by atoms with Gasteiger partial charge < -0.3 is 15.5 Å². The second kappa shape index (κ2) is 43.0. The second-order valence-corrected chi connectivity index (χ2v) is 15.5. The van der Waals surface area contributed by atoms with E-state index < -0.39 is 12.1 Å². The third-order valence-electron chi connectivity index (χ3n) is 10.3. The van der Waals surface area contributed by atoms with Crippen LogP contribution in [0.2, 0.25) is 0 Å². The van der Waals surface area contributed by atoms with Crippen molar-refractivity contribution in [1.82, 2.24) is 5.32 Å². The zero-order valence-corrected chi connectivity index (χ0v) is 34.4. The number of hydrogen-bond acceptors (Lipinski definition) is 3. The number of hydrogen-bond donors (Lipinski definition) is 3. The molecule has 0 bridgehead atoms. The monoisotopic (exact) mass is 716 g/mol. The molecule has 0 heterocycles. The number of aliphatic hydroxyl groups is 2. The number of carbonyl (C=O) groups is 1. The molecule has 0 rings (SSSR count). The van der Waals surface area contributed by atoms with Gasteiger partial charge in [0.1, 0.15) is 0 Å². The summed E-state index contributed by atoms with van der Waals surface area (Å²) in [5, 5.41) is 22.9. The molecule has 51 heavy (non-hydrogen) atoms. The van der Waals surface area contributed by atoms with Crippen LogP contribution < -0.4 is 5.32 Å². The van der Waals surface area contributed by atoms with Gasteiger partial charge in [-0.1, -0.05) is 211 Å². The summed E-state index contributed by atoms with van der Waals surface area (Å²) in [5.74, 6) is -0.0748. The van der Waals surface area contributed by atoms with E-state index in [1.54, 1.807) is 6.08 Å². The Morgan fingerprint density at radius 3 is 1.14 bits per heavy atom. The number of nitrogens with one attached hydrogen (secondary N) is 1. The van der Waals surface area contributed by atoms with Gasteiger partial charge in [0.25, 0.3) is 0 Å². The molecule has 0 aromatic carbocycles. The lowest BCUT2D eigenvalue weighted by atomic mass is 10.0. The molecule has 4 heteroatoms. The molecular weight excluding hydrogens is 627 g/mol. The summed E-state index contributed by atoms with van der Waals surface area (Å²) in [6.45, 7) is 4.28. The normalized spacial score (nSPS) is 13.3.